The van der Waals surface area contributed by atoms with E-state index in [0.29, 0.717) is 11.3 Å². The molecule has 1 heterocycles. The van der Waals surface area contributed by atoms with Crippen molar-refractivity contribution in [1.82, 2.24) is 4.98 Å². The lowest BCUT2D eigenvalue weighted by atomic mass is 10.3. The zero-order valence-electron chi connectivity index (χ0n) is 6.07. The van der Waals surface area contributed by atoms with E-state index in [-0.39, 0.29) is 0 Å². The maximum absolute atomic E-state index is 8.43. The predicted octanol–water partition coefficient (Wildman–Crippen LogP) is 0.828. The summed E-state index contributed by atoms with van der Waals surface area (Å²) < 4.78 is 0. The molecule has 0 aliphatic carbocycles. The quantitative estimate of drug-likeness (QED) is 0.518. The van der Waals surface area contributed by atoms with Crippen molar-refractivity contribution in [1.29, 1.82) is 10.5 Å². The fraction of sp³-hybridized carbons (Fsp3) is 0. The molecular formula is C9H3N3. The van der Waals surface area contributed by atoms with Crippen LogP contribution in [0.2, 0.25) is 0 Å². The molecule has 0 atom stereocenters. The average molecular weight is 153 g/mol. The number of hydrogen-bond donors (Lipinski definition) is 0. The zero-order valence-corrected chi connectivity index (χ0v) is 6.07. The molecule has 0 amide bonds. The van der Waals surface area contributed by atoms with Gasteiger partial charge in [-0.05, 0) is 18.1 Å². The summed E-state index contributed by atoms with van der Waals surface area (Å²) in [7, 11) is 0. The molecule has 0 spiro atoms. The zero-order chi connectivity index (χ0) is 8.81. The van der Waals surface area contributed by atoms with Crippen LogP contribution in [0.5, 0.6) is 0 Å². The molecule has 0 radical (unpaired) electrons. The van der Waals surface area contributed by atoms with Gasteiger partial charge in [0.2, 0.25) is 0 Å². The molecule has 0 saturated carbocycles. The Morgan fingerprint density at radius 1 is 1.25 bits per heavy atom. The topological polar surface area (TPSA) is 60.5 Å². The van der Waals surface area contributed by atoms with Crippen LogP contribution in [0.25, 0.3) is 0 Å². The number of rotatable bonds is 0. The van der Waals surface area contributed by atoms with Gasteiger partial charge in [0.15, 0.2) is 6.07 Å². The summed E-state index contributed by atoms with van der Waals surface area (Å²) >= 11 is 0. The van der Waals surface area contributed by atoms with Crippen LogP contribution in [0.3, 0.4) is 0 Å². The molecule has 0 saturated heterocycles. The predicted molar refractivity (Wildman–Crippen MR) is 41.4 cm³/mol. The van der Waals surface area contributed by atoms with Crippen LogP contribution >= 0.6 is 0 Å². The van der Waals surface area contributed by atoms with Crippen LogP contribution in [0, 0.1) is 34.5 Å². The van der Waals surface area contributed by atoms with Crippen molar-refractivity contribution in [2.45, 2.75) is 0 Å². The van der Waals surface area contributed by atoms with E-state index in [4.69, 9.17) is 10.5 Å². The van der Waals surface area contributed by atoms with Gasteiger partial charge in [-0.15, -0.1) is 0 Å². The minimum atomic E-state index is 0.484. The molecule has 3 heteroatoms. The number of pyridine rings is 1. The second kappa shape index (κ2) is 3.76. The Morgan fingerprint density at radius 2 is 2.08 bits per heavy atom. The SMILES string of the molecule is N#CC#Cc1ccc(C#N)cn1. The van der Waals surface area contributed by atoms with Gasteiger partial charge in [0.1, 0.15) is 11.8 Å². The lowest BCUT2D eigenvalue weighted by Crippen LogP contribution is -1.82. The van der Waals surface area contributed by atoms with E-state index in [1.165, 1.54) is 6.20 Å². The summed E-state index contributed by atoms with van der Waals surface area (Å²) in [5, 5.41) is 16.6. The molecule has 0 aliphatic heterocycles. The molecule has 1 aromatic heterocycles. The smallest absolute Gasteiger partial charge is 0.152 e. The van der Waals surface area contributed by atoms with Crippen molar-refractivity contribution in [3.63, 3.8) is 0 Å². The molecule has 1 rings (SSSR count). The second-order valence-corrected chi connectivity index (χ2v) is 1.91. The van der Waals surface area contributed by atoms with Gasteiger partial charge in [-0.1, -0.05) is 0 Å². The van der Waals surface area contributed by atoms with Gasteiger partial charge >= 0.3 is 0 Å². The summed E-state index contributed by atoms with van der Waals surface area (Å²) in [6.45, 7) is 0. The Hall–Kier alpha value is -2.31. The van der Waals surface area contributed by atoms with Crippen molar-refractivity contribution in [2.24, 2.45) is 0 Å². The monoisotopic (exact) mass is 153 g/mol. The van der Waals surface area contributed by atoms with Gasteiger partial charge in [-0.3, -0.25) is 0 Å². The van der Waals surface area contributed by atoms with Gasteiger partial charge in [0.25, 0.3) is 0 Å². The molecular weight excluding hydrogens is 150 g/mol. The number of nitriles is 2. The summed E-state index contributed by atoms with van der Waals surface area (Å²) in [6, 6.07) is 6.82. The first kappa shape index (κ1) is 7.79. The van der Waals surface area contributed by atoms with Gasteiger partial charge in [-0.25, -0.2) is 4.98 Å². The van der Waals surface area contributed by atoms with E-state index in [1.54, 1.807) is 18.2 Å². The highest BCUT2D eigenvalue weighted by Crippen LogP contribution is 1.96. The fourth-order valence-corrected chi connectivity index (χ4v) is 0.626. The van der Waals surface area contributed by atoms with Crippen LogP contribution in [-0.2, 0) is 0 Å². The fourth-order valence-electron chi connectivity index (χ4n) is 0.626. The lowest BCUT2D eigenvalue weighted by Gasteiger charge is -1.87. The highest BCUT2D eigenvalue weighted by Gasteiger charge is 1.89. The average Bonchev–Trinajstić information content (AvgIpc) is 2.15. The molecule has 54 valence electrons. The highest BCUT2D eigenvalue weighted by molar-refractivity contribution is 5.35. The Kier molecular flexibility index (Phi) is 2.44. The molecule has 3 nitrogen and oxygen atoms in total. The molecule has 0 unspecified atom stereocenters. The summed E-state index contributed by atoms with van der Waals surface area (Å²) in [4.78, 5) is 3.84. The molecule has 0 N–H and O–H groups in total. The van der Waals surface area contributed by atoms with Gasteiger partial charge < -0.3 is 0 Å². The Labute approximate surface area is 69.9 Å². The lowest BCUT2D eigenvalue weighted by molar-refractivity contribution is 1.27. The molecule has 1 aromatic rings. The third-order valence-corrected chi connectivity index (χ3v) is 1.14. The molecule has 12 heavy (non-hydrogen) atoms. The Morgan fingerprint density at radius 3 is 2.58 bits per heavy atom. The normalized spacial score (nSPS) is 7.17. The van der Waals surface area contributed by atoms with Crippen molar-refractivity contribution in [3.05, 3.63) is 29.6 Å². The number of hydrogen-bond acceptors (Lipinski definition) is 3. The summed E-state index contributed by atoms with van der Waals surface area (Å²) in [5.41, 5.74) is 0.980. The maximum Gasteiger partial charge on any atom is 0.152 e. The number of nitrogens with zero attached hydrogens (tertiary/aromatic N) is 3. The van der Waals surface area contributed by atoms with Crippen LogP contribution in [0.15, 0.2) is 18.3 Å². The van der Waals surface area contributed by atoms with Gasteiger partial charge in [-0.2, -0.15) is 10.5 Å². The van der Waals surface area contributed by atoms with Crippen molar-refractivity contribution >= 4 is 0 Å². The molecule has 0 aliphatic rings. The van der Waals surface area contributed by atoms with Crippen LogP contribution in [0.1, 0.15) is 11.3 Å². The van der Waals surface area contributed by atoms with E-state index >= 15 is 0 Å². The minimum Gasteiger partial charge on any atom is -0.246 e. The third kappa shape index (κ3) is 1.84. The summed E-state index contributed by atoms with van der Waals surface area (Å²) in [5.74, 6) is 4.73. The van der Waals surface area contributed by atoms with Crippen molar-refractivity contribution < 1.29 is 0 Å². The van der Waals surface area contributed by atoms with Crippen molar-refractivity contribution in [3.8, 4) is 24.0 Å². The molecule has 0 aromatic carbocycles. The largest absolute Gasteiger partial charge is 0.246 e. The Balaban J connectivity index is 2.96. The van der Waals surface area contributed by atoms with Crippen LogP contribution < -0.4 is 0 Å². The standard InChI is InChI=1S/C9H3N3/c10-5-1-2-9-4-3-8(6-11)7-12-9/h3-4,7H. The van der Waals surface area contributed by atoms with Crippen molar-refractivity contribution in [2.75, 3.05) is 0 Å². The van der Waals surface area contributed by atoms with Gasteiger partial charge in [0.05, 0.1) is 5.56 Å². The van der Waals surface area contributed by atoms with Crippen LogP contribution in [-0.4, -0.2) is 4.98 Å². The first-order valence-electron chi connectivity index (χ1n) is 3.13. The first-order valence-corrected chi connectivity index (χ1v) is 3.13. The number of aromatic nitrogens is 1. The minimum absolute atomic E-state index is 0.484. The molecule has 0 fully saturated rings. The highest BCUT2D eigenvalue weighted by atomic mass is 14.7. The Bertz CT molecular complexity index is 406. The van der Waals surface area contributed by atoms with E-state index in [0.717, 1.165) is 0 Å². The maximum atomic E-state index is 8.43. The van der Waals surface area contributed by atoms with E-state index in [1.807, 2.05) is 6.07 Å². The molecule has 0 bridgehead atoms. The van der Waals surface area contributed by atoms with E-state index in [2.05, 4.69) is 16.8 Å². The third-order valence-electron chi connectivity index (χ3n) is 1.14. The van der Waals surface area contributed by atoms with Crippen LogP contribution in [0.4, 0.5) is 0 Å². The van der Waals surface area contributed by atoms with Gasteiger partial charge in [0, 0.05) is 12.1 Å². The van der Waals surface area contributed by atoms with E-state index < -0.39 is 0 Å². The summed E-state index contributed by atoms with van der Waals surface area (Å²) in [6.07, 6.45) is 1.42. The van der Waals surface area contributed by atoms with E-state index in [9.17, 15) is 0 Å². The first-order chi connectivity index (χ1) is 5.86. The second-order valence-electron chi connectivity index (χ2n) is 1.91.